The summed E-state index contributed by atoms with van der Waals surface area (Å²) in [7, 11) is 1.62. The highest BCUT2D eigenvalue weighted by atomic mass is 19.1. The van der Waals surface area contributed by atoms with Crippen LogP contribution in [0, 0.1) is 11.8 Å². The van der Waals surface area contributed by atoms with Crippen LogP contribution in [0.25, 0.3) is 11.3 Å². The maximum Gasteiger partial charge on any atom is 0.226 e. The number of imidazole rings is 1. The molecule has 3 N–H and O–H groups in total. The van der Waals surface area contributed by atoms with Crippen LogP contribution in [0.1, 0.15) is 25.2 Å². The number of hydrogen-bond acceptors (Lipinski definition) is 4. The Morgan fingerprint density at radius 3 is 2.59 bits per heavy atom. The molecule has 1 atom stereocenters. The number of aromatic nitrogens is 2. The molecule has 0 aliphatic rings. The molecule has 1 aromatic heterocycles. The van der Waals surface area contributed by atoms with Crippen LogP contribution in [0.15, 0.2) is 60.8 Å². The summed E-state index contributed by atoms with van der Waals surface area (Å²) in [6, 6.07) is 17.7. The minimum atomic E-state index is -1.27. The Morgan fingerprint density at radius 1 is 1.22 bits per heavy atom. The Labute approximate surface area is 188 Å². The molecular weight excluding hydrogens is 407 g/mol. The van der Waals surface area contributed by atoms with Gasteiger partial charge in [0.2, 0.25) is 5.91 Å². The van der Waals surface area contributed by atoms with Crippen LogP contribution in [0.3, 0.4) is 0 Å². The number of nitrogens with zero attached hydrogens (tertiary/aromatic N) is 2. The third kappa shape index (κ3) is 5.73. The molecule has 0 unspecified atom stereocenters. The van der Waals surface area contributed by atoms with E-state index in [9.17, 15) is 9.18 Å². The van der Waals surface area contributed by atoms with Crippen LogP contribution in [0.5, 0.6) is 5.75 Å². The van der Waals surface area contributed by atoms with E-state index in [1.807, 2.05) is 65.4 Å². The Balaban J connectivity index is 1.92. The highest BCUT2D eigenvalue weighted by Crippen LogP contribution is 2.31. The minimum absolute atomic E-state index is 0.114. The van der Waals surface area contributed by atoms with E-state index in [1.54, 1.807) is 27.4 Å². The van der Waals surface area contributed by atoms with E-state index in [-0.39, 0.29) is 19.0 Å². The van der Waals surface area contributed by atoms with Crippen molar-refractivity contribution in [3.8, 4) is 17.0 Å². The summed E-state index contributed by atoms with van der Waals surface area (Å²) in [6.07, 6.45) is 2.49. The number of halogens is 1. The molecule has 0 fully saturated rings. The number of carbonyl (C=O) groups is 1. The number of nitrogens with one attached hydrogen (secondary N) is 1. The molecule has 0 bridgehead atoms. The van der Waals surface area contributed by atoms with Crippen molar-refractivity contribution in [2.24, 2.45) is 11.1 Å². The fraction of sp³-hybridized carbons (Fsp3) is 0.320. The Kier molecular flexibility index (Phi) is 7.64. The molecule has 0 aliphatic carbocycles. The monoisotopic (exact) mass is 437 g/mol. The maximum atomic E-state index is 13.5. The number of nitrogens with two attached hydrogens (primary N) is 1. The van der Waals surface area contributed by atoms with E-state index in [4.69, 9.17) is 15.5 Å². The normalized spacial score (nSPS) is 12.4. The summed E-state index contributed by atoms with van der Waals surface area (Å²) >= 11 is 0. The molecule has 3 aromatic rings. The Morgan fingerprint density at radius 2 is 1.91 bits per heavy atom. The quantitative estimate of drug-likeness (QED) is 0.508. The molecule has 6 nitrogen and oxygen atoms in total. The first-order valence-corrected chi connectivity index (χ1v) is 10.6. The number of rotatable bonds is 10. The van der Waals surface area contributed by atoms with Gasteiger partial charge in [-0.25, -0.2) is 9.37 Å². The third-order valence-corrected chi connectivity index (χ3v) is 5.20. The van der Waals surface area contributed by atoms with Gasteiger partial charge in [-0.1, -0.05) is 56.3 Å². The lowest BCUT2D eigenvalue weighted by atomic mass is 9.87. The van der Waals surface area contributed by atoms with Crippen LogP contribution in [0.4, 0.5) is 4.39 Å². The summed E-state index contributed by atoms with van der Waals surface area (Å²) in [4.78, 5) is 17.5. The van der Waals surface area contributed by atoms with Crippen LogP contribution in [0.2, 0.25) is 0 Å². The predicted molar refractivity (Wildman–Crippen MR) is 124 cm³/mol. The number of benzene rings is 2. The second-order valence-corrected chi connectivity index (χ2v) is 8.21. The lowest BCUT2D eigenvalue weighted by molar-refractivity contribution is -0.127. The topological polar surface area (TPSA) is 82.2 Å². The van der Waals surface area contributed by atoms with E-state index >= 15 is 0 Å². The van der Waals surface area contributed by atoms with Gasteiger partial charge >= 0.3 is 0 Å². The molecule has 1 heterocycles. The average molecular weight is 438 g/mol. The maximum absolute atomic E-state index is 13.5. The van der Waals surface area contributed by atoms with Crippen molar-refractivity contribution in [3.05, 3.63) is 78.6 Å². The molecule has 32 heavy (non-hydrogen) atoms. The SMILES string of the molecule is COc1ccccc1-c1cn(Cc2ccccc2)c([CH]C(C)(C)C(=O)NC[C@H](F)CN)n1. The van der Waals surface area contributed by atoms with E-state index < -0.39 is 11.6 Å². The minimum Gasteiger partial charge on any atom is -0.496 e. The van der Waals surface area contributed by atoms with E-state index in [0.717, 1.165) is 22.6 Å². The molecule has 0 saturated carbocycles. The van der Waals surface area contributed by atoms with Crippen molar-refractivity contribution in [2.75, 3.05) is 20.2 Å². The van der Waals surface area contributed by atoms with Crippen molar-refractivity contribution in [3.63, 3.8) is 0 Å². The fourth-order valence-corrected chi connectivity index (χ4v) is 3.34. The van der Waals surface area contributed by atoms with Crippen LogP contribution in [-0.2, 0) is 11.3 Å². The van der Waals surface area contributed by atoms with Gasteiger partial charge in [0.15, 0.2) is 0 Å². The third-order valence-electron chi connectivity index (χ3n) is 5.20. The highest BCUT2D eigenvalue weighted by Gasteiger charge is 2.31. The van der Waals surface area contributed by atoms with E-state index in [0.29, 0.717) is 12.4 Å². The zero-order chi connectivity index (χ0) is 23.1. The summed E-state index contributed by atoms with van der Waals surface area (Å²) in [5, 5.41) is 2.64. The first-order chi connectivity index (χ1) is 15.3. The van der Waals surface area contributed by atoms with Gasteiger partial charge in [-0.05, 0) is 17.7 Å². The molecular formula is C25H30FN4O2. The Hall–Kier alpha value is -3.19. The van der Waals surface area contributed by atoms with Crippen molar-refractivity contribution >= 4 is 5.91 Å². The van der Waals surface area contributed by atoms with Gasteiger partial charge in [-0.15, -0.1) is 0 Å². The molecule has 3 rings (SSSR count). The molecule has 1 radical (unpaired) electrons. The summed E-state index contributed by atoms with van der Waals surface area (Å²) in [6.45, 7) is 3.91. The molecule has 0 aliphatic heterocycles. The number of hydrogen-bond donors (Lipinski definition) is 2. The smallest absolute Gasteiger partial charge is 0.226 e. The van der Waals surface area contributed by atoms with E-state index in [1.165, 1.54) is 0 Å². The lowest BCUT2D eigenvalue weighted by Crippen LogP contribution is -2.42. The standard InChI is InChI=1S/C25H30FN4O2/c1-25(2,24(31)28-15-19(26)14-27)13-23-29-21(20-11-7-8-12-22(20)32-3)17-30(23)16-18-9-5-4-6-10-18/h4-13,17,19H,14-16,27H2,1-3H3,(H,28,31)/t19-/m1/s1. The van der Waals surface area contributed by atoms with Crippen molar-refractivity contribution < 1.29 is 13.9 Å². The highest BCUT2D eigenvalue weighted by molar-refractivity contribution is 5.83. The first kappa shape index (κ1) is 23.5. The van der Waals surface area contributed by atoms with E-state index in [2.05, 4.69) is 5.32 Å². The Bertz CT molecular complexity index is 1030. The van der Waals surface area contributed by atoms with Gasteiger partial charge in [0.25, 0.3) is 0 Å². The molecule has 169 valence electrons. The summed E-state index contributed by atoms with van der Waals surface area (Å²) < 4.78 is 21.0. The predicted octanol–water partition coefficient (Wildman–Crippen LogP) is 3.60. The number of para-hydroxylation sites is 1. The average Bonchev–Trinajstić information content (AvgIpc) is 3.18. The van der Waals surface area contributed by atoms with Crippen LogP contribution < -0.4 is 15.8 Å². The van der Waals surface area contributed by atoms with Crippen molar-refractivity contribution in [2.45, 2.75) is 26.6 Å². The number of alkyl halides is 1. The van der Waals surface area contributed by atoms with Crippen LogP contribution >= 0.6 is 0 Å². The molecule has 7 heteroatoms. The van der Waals surface area contributed by atoms with Gasteiger partial charge in [0.1, 0.15) is 17.7 Å². The van der Waals surface area contributed by atoms with Crippen molar-refractivity contribution in [1.29, 1.82) is 0 Å². The number of methoxy groups -OCH3 is 1. The second kappa shape index (κ2) is 10.4. The van der Waals surface area contributed by atoms with Gasteiger partial charge in [-0.3, -0.25) is 4.79 Å². The van der Waals surface area contributed by atoms with Crippen LogP contribution in [-0.4, -0.2) is 41.8 Å². The van der Waals surface area contributed by atoms with Crippen molar-refractivity contribution in [1.82, 2.24) is 14.9 Å². The zero-order valence-corrected chi connectivity index (χ0v) is 18.7. The van der Waals surface area contributed by atoms with Gasteiger partial charge < -0.3 is 20.4 Å². The van der Waals surface area contributed by atoms with Gasteiger partial charge in [0.05, 0.1) is 24.8 Å². The van der Waals surface area contributed by atoms with Gasteiger partial charge in [0, 0.05) is 31.3 Å². The molecule has 0 saturated heterocycles. The summed E-state index contributed by atoms with van der Waals surface area (Å²) in [5.41, 5.74) is 7.11. The van der Waals surface area contributed by atoms with Gasteiger partial charge in [-0.2, -0.15) is 0 Å². The molecule has 1 amide bonds. The second-order valence-electron chi connectivity index (χ2n) is 8.21. The number of amides is 1. The number of ether oxygens (including phenoxy) is 1. The summed E-state index contributed by atoms with van der Waals surface area (Å²) in [5.74, 6) is 1.07. The largest absolute Gasteiger partial charge is 0.496 e. The first-order valence-electron chi connectivity index (χ1n) is 10.6. The fourth-order valence-electron chi connectivity index (χ4n) is 3.34. The number of carbonyl (C=O) groups excluding carboxylic acids is 1. The zero-order valence-electron chi connectivity index (χ0n) is 18.7. The molecule has 2 aromatic carbocycles. The lowest BCUT2D eigenvalue weighted by Gasteiger charge is -2.23. The molecule has 0 spiro atoms.